The van der Waals surface area contributed by atoms with E-state index in [-0.39, 0.29) is 5.75 Å². The average molecular weight is 234 g/mol. The Labute approximate surface area is 89.5 Å². The van der Waals surface area contributed by atoms with Crippen LogP contribution in [0.2, 0.25) is 0 Å². The molecule has 0 aromatic heterocycles. The van der Waals surface area contributed by atoms with Crippen molar-refractivity contribution in [1.82, 2.24) is 0 Å². The maximum Gasteiger partial charge on any atom is 0.439 e. The summed E-state index contributed by atoms with van der Waals surface area (Å²) in [5.41, 5.74) is -3.24. The Bertz CT molecular complexity index is 375. The lowest BCUT2D eigenvalue weighted by Crippen LogP contribution is -2.54. The molecule has 0 fully saturated rings. The van der Waals surface area contributed by atoms with Crippen molar-refractivity contribution in [1.29, 1.82) is 0 Å². The third-order valence-electron chi connectivity index (χ3n) is 2.01. The molecule has 1 aromatic rings. The highest BCUT2D eigenvalue weighted by Crippen LogP contribution is 2.34. The van der Waals surface area contributed by atoms with Gasteiger partial charge in [-0.1, -0.05) is 18.2 Å². The molecule has 0 spiro atoms. The molecule has 0 amide bonds. The van der Waals surface area contributed by atoms with Gasteiger partial charge in [0, 0.05) is 0 Å². The Balaban J connectivity index is 3.03. The number of para-hydroxylation sites is 1. The van der Waals surface area contributed by atoms with Gasteiger partial charge in [0.2, 0.25) is 0 Å². The van der Waals surface area contributed by atoms with Crippen molar-refractivity contribution in [3.05, 3.63) is 30.3 Å². The minimum absolute atomic E-state index is 0.148. The zero-order valence-corrected chi connectivity index (χ0v) is 8.28. The first kappa shape index (κ1) is 12.4. The first-order valence-corrected chi connectivity index (χ1v) is 4.31. The van der Waals surface area contributed by atoms with Crippen LogP contribution in [0.25, 0.3) is 0 Å². The summed E-state index contributed by atoms with van der Waals surface area (Å²) < 4.78 is 42.1. The van der Waals surface area contributed by atoms with Crippen molar-refractivity contribution in [2.75, 3.05) is 0 Å². The van der Waals surface area contributed by atoms with Gasteiger partial charge in [-0.25, -0.2) is 4.79 Å². The number of carbonyl (C=O) groups is 1. The second-order valence-electron chi connectivity index (χ2n) is 3.25. The van der Waals surface area contributed by atoms with Gasteiger partial charge in [0.25, 0.3) is 5.60 Å². The van der Waals surface area contributed by atoms with Gasteiger partial charge in [0.15, 0.2) is 0 Å². The standard InChI is InChI=1S/C10H9F3O3/c1-9(8(14)15,10(11,12)13)16-7-5-3-2-4-6-7/h2-6H,1H3,(H,14,15). The van der Waals surface area contributed by atoms with Crippen LogP contribution in [-0.4, -0.2) is 22.9 Å². The second kappa shape index (κ2) is 4.03. The first-order chi connectivity index (χ1) is 7.27. The summed E-state index contributed by atoms with van der Waals surface area (Å²) in [5, 5.41) is 8.58. The highest BCUT2D eigenvalue weighted by atomic mass is 19.4. The molecule has 6 heteroatoms. The van der Waals surface area contributed by atoms with Gasteiger partial charge < -0.3 is 9.84 Å². The molecule has 0 heterocycles. The SMILES string of the molecule is CC(Oc1ccccc1)(C(=O)O)C(F)(F)F. The quantitative estimate of drug-likeness (QED) is 0.873. The summed E-state index contributed by atoms with van der Waals surface area (Å²) in [4.78, 5) is 10.6. The molecule has 88 valence electrons. The molecule has 0 saturated carbocycles. The van der Waals surface area contributed by atoms with Gasteiger partial charge in [-0.3, -0.25) is 0 Å². The van der Waals surface area contributed by atoms with Crippen LogP contribution >= 0.6 is 0 Å². The van der Waals surface area contributed by atoms with E-state index in [0.29, 0.717) is 6.92 Å². The predicted molar refractivity (Wildman–Crippen MR) is 49.2 cm³/mol. The number of carboxylic acid groups (broad SMARTS) is 1. The zero-order valence-electron chi connectivity index (χ0n) is 8.28. The molecule has 1 atom stereocenters. The predicted octanol–water partition coefficient (Wildman–Crippen LogP) is 2.47. The van der Waals surface area contributed by atoms with Crippen molar-refractivity contribution in [2.24, 2.45) is 0 Å². The molecular weight excluding hydrogens is 225 g/mol. The molecule has 0 bridgehead atoms. The number of alkyl halides is 3. The Kier molecular flexibility index (Phi) is 3.11. The van der Waals surface area contributed by atoms with Gasteiger partial charge in [-0.05, 0) is 19.1 Å². The van der Waals surface area contributed by atoms with E-state index < -0.39 is 17.7 Å². The average Bonchev–Trinajstić information content (AvgIpc) is 2.17. The number of benzene rings is 1. The second-order valence-corrected chi connectivity index (χ2v) is 3.25. The van der Waals surface area contributed by atoms with Crippen molar-refractivity contribution in [3.63, 3.8) is 0 Å². The lowest BCUT2D eigenvalue weighted by molar-refractivity contribution is -0.244. The van der Waals surface area contributed by atoms with E-state index in [4.69, 9.17) is 5.11 Å². The number of halogens is 3. The third kappa shape index (κ3) is 2.26. The van der Waals surface area contributed by atoms with Crippen LogP contribution in [0.1, 0.15) is 6.92 Å². The van der Waals surface area contributed by atoms with Gasteiger partial charge in [0.05, 0.1) is 0 Å². The molecule has 1 unspecified atom stereocenters. The lowest BCUT2D eigenvalue weighted by Gasteiger charge is -2.28. The Morgan fingerprint density at radius 2 is 1.75 bits per heavy atom. The number of rotatable bonds is 3. The smallest absolute Gasteiger partial charge is 0.439 e. The summed E-state index contributed by atoms with van der Waals surface area (Å²) >= 11 is 0. The lowest BCUT2D eigenvalue weighted by atomic mass is 10.1. The Morgan fingerprint density at radius 1 is 1.25 bits per heavy atom. The fourth-order valence-electron chi connectivity index (χ4n) is 0.947. The minimum atomic E-state index is -4.99. The van der Waals surface area contributed by atoms with Crippen LogP contribution in [-0.2, 0) is 4.79 Å². The number of ether oxygens (including phenoxy) is 1. The molecule has 0 aliphatic rings. The van der Waals surface area contributed by atoms with E-state index in [9.17, 15) is 18.0 Å². The molecular formula is C10H9F3O3. The summed E-state index contributed by atoms with van der Waals surface area (Å²) in [7, 11) is 0. The normalized spacial score (nSPS) is 15.2. The van der Waals surface area contributed by atoms with Crippen LogP contribution in [0.5, 0.6) is 5.75 Å². The van der Waals surface area contributed by atoms with Gasteiger partial charge >= 0.3 is 12.1 Å². The maximum atomic E-state index is 12.5. The number of carboxylic acids is 1. The van der Waals surface area contributed by atoms with Crippen molar-refractivity contribution in [2.45, 2.75) is 18.7 Å². The van der Waals surface area contributed by atoms with Crippen molar-refractivity contribution in [3.8, 4) is 5.75 Å². The van der Waals surface area contributed by atoms with Gasteiger partial charge in [-0.2, -0.15) is 13.2 Å². The van der Waals surface area contributed by atoms with Crippen LogP contribution in [0, 0.1) is 0 Å². The molecule has 1 N–H and O–H groups in total. The number of hydrogen-bond donors (Lipinski definition) is 1. The van der Waals surface area contributed by atoms with E-state index in [1.165, 1.54) is 24.3 Å². The Morgan fingerprint density at radius 3 is 2.12 bits per heavy atom. The summed E-state index contributed by atoms with van der Waals surface area (Å²) in [5.74, 6) is -2.23. The first-order valence-electron chi connectivity index (χ1n) is 4.31. The fraction of sp³-hybridized carbons (Fsp3) is 0.300. The molecule has 1 rings (SSSR count). The molecule has 0 saturated heterocycles. The topological polar surface area (TPSA) is 46.5 Å². The molecule has 16 heavy (non-hydrogen) atoms. The van der Waals surface area contributed by atoms with E-state index in [0.717, 1.165) is 0 Å². The van der Waals surface area contributed by atoms with E-state index in [2.05, 4.69) is 4.74 Å². The Hall–Kier alpha value is -1.72. The number of hydrogen-bond acceptors (Lipinski definition) is 2. The van der Waals surface area contributed by atoms with E-state index in [1.54, 1.807) is 6.07 Å². The summed E-state index contributed by atoms with van der Waals surface area (Å²) in [6.45, 7) is 0.475. The van der Waals surface area contributed by atoms with Gasteiger partial charge in [-0.15, -0.1) is 0 Å². The highest BCUT2D eigenvalue weighted by Gasteiger charge is 2.60. The van der Waals surface area contributed by atoms with Gasteiger partial charge in [0.1, 0.15) is 5.75 Å². The maximum absolute atomic E-state index is 12.5. The van der Waals surface area contributed by atoms with Crippen molar-refractivity contribution >= 4 is 5.97 Å². The monoisotopic (exact) mass is 234 g/mol. The minimum Gasteiger partial charge on any atom is -0.478 e. The highest BCUT2D eigenvalue weighted by molar-refractivity contribution is 5.78. The van der Waals surface area contributed by atoms with Crippen LogP contribution < -0.4 is 4.74 Å². The molecule has 1 aromatic carbocycles. The van der Waals surface area contributed by atoms with Crippen LogP contribution in [0.3, 0.4) is 0 Å². The molecule has 0 radical (unpaired) electrons. The van der Waals surface area contributed by atoms with E-state index >= 15 is 0 Å². The largest absolute Gasteiger partial charge is 0.478 e. The summed E-state index contributed by atoms with van der Waals surface area (Å²) in [6.07, 6.45) is -4.99. The molecule has 0 aliphatic carbocycles. The zero-order chi connectivity index (χ0) is 12.4. The van der Waals surface area contributed by atoms with E-state index in [1.807, 2.05) is 0 Å². The fourth-order valence-corrected chi connectivity index (χ4v) is 0.947. The number of aliphatic carboxylic acids is 1. The molecule has 3 nitrogen and oxygen atoms in total. The third-order valence-corrected chi connectivity index (χ3v) is 2.01. The van der Waals surface area contributed by atoms with Crippen LogP contribution in [0.15, 0.2) is 30.3 Å². The van der Waals surface area contributed by atoms with Crippen molar-refractivity contribution < 1.29 is 27.8 Å². The summed E-state index contributed by atoms with van der Waals surface area (Å²) in [6, 6.07) is 7.00. The van der Waals surface area contributed by atoms with Crippen LogP contribution in [0.4, 0.5) is 13.2 Å². The molecule has 0 aliphatic heterocycles.